The van der Waals surface area contributed by atoms with Gasteiger partial charge in [-0.25, -0.2) is 4.79 Å². The number of Topliss-reactive ketones (excluding diaryl/α,β-unsaturated/α-hetero) is 2. The van der Waals surface area contributed by atoms with Gasteiger partial charge in [-0.05, 0) is 26.3 Å². The summed E-state index contributed by atoms with van der Waals surface area (Å²) in [5.74, 6) is -5.93. The van der Waals surface area contributed by atoms with Crippen molar-refractivity contribution >= 4 is 35.0 Å². The first-order chi connectivity index (χ1) is 24.5. The van der Waals surface area contributed by atoms with Gasteiger partial charge in [0.2, 0.25) is 17.5 Å². The minimum absolute atomic E-state index is 0.0308. The molecule has 52 heavy (non-hydrogen) atoms. The van der Waals surface area contributed by atoms with Crippen molar-refractivity contribution in [2.75, 3.05) is 13.7 Å². The van der Waals surface area contributed by atoms with Gasteiger partial charge in [0.15, 0.2) is 18.7 Å². The number of nitrogens with two attached hydrogens (primary N) is 1. The number of rotatable bonds is 12. The van der Waals surface area contributed by atoms with Crippen molar-refractivity contribution in [3.63, 3.8) is 0 Å². The highest BCUT2D eigenvalue weighted by atomic mass is 16.7. The average Bonchev–Trinajstić information content (AvgIpc) is 3.10. The minimum Gasteiger partial charge on any atom is -0.507 e. The first kappa shape index (κ1) is 38.5. The van der Waals surface area contributed by atoms with Crippen LogP contribution in [0.25, 0.3) is 0 Å². The number of ketones is 4. The highest BCUT2D eigenvalue weighted by Gasteiger charge is 2.50. The van der Waals surface area contributed by atoms with Crippen molar-refractivity contribution in [2.24, 2.45) is 5.73 Å². The van der Waals surface area contributed by atoms with Crippen molar-refractivity contribution in [3.8, 4) is 17.2 Å². The van der Waals surface area contributed by atoms with E-state index in [2.05, 4.69) is 5.32 Å². The number of aliphatic hydroxyl groups excluding tert-OH is 1. The fourth-order valence-corrected chi connectivity index (χ4v) is 6.86. The number of aromatic hydroxyl groups is 2. The Labute approximate surface area is 298 Å². The summed E-state index contributed by atoms with van der Waals surface area (Å²) in [7, 11) is 1.30. The maximum atomic E-state index is 13.9. The molecule has 2 aliphatic carbocycles. The van der Waals surface area contributed by atoms with Crippen LogP contribution >= 0.6 is 0 Å². The van der Waals surface area contributed by atoms with Crippen molar-refractivity contribution in [3.05, 3.63) is 51.6 Å². The van der Waals surface area contributed by atoms with Gasteiger partial charge >= 0.3 is 5.97 Å². The fraction of sp³-hybridized carbons (Fsp3) is 0.500. The smallest absolute Gasteiger partial charge is 0.329 e. The van der Waals surface area contributed by atoms with Crippen molar-refractivity contribution < 1.29 is 68.1 Å². The Kier molecular flexibility index (Phi) is 11.2. The van der Waals surface area contributed by atoms with Crippen LogP contribution in [0.4, 0.5) is 0 Å². The second-order valence-corrected chi connectivity index (χ2v) is 13.3. The highest BCUT2D eigenvalue weighted by Crippen LogP contribution is 2.52. The standard InChI is InChI=1S/C36H42N2O14/c1-5-20(38-24(41)10-9-15(2)39)35(47)50-14-23(40)36(48)12-18-27(22(13-36)52-25-11-19(37)30(42)16(3)51-25)34(46)29-28(32(18)44)31(43)17-7-6-8-21(49-4)26(17)33(29)45/h6-8,16,19-20,22,25,30,42,44,46,48H,5,9-14,37H2,1-4H3,(H,38,41)/t16?,19?,20-,22-,25?,30?,36-/m0/s1. The average molecular weight is 727 g/mol. The van der Waals surface area contributed by atoms with E-state index in [0.717, 1.165) is 0 Å². The summed E-state index contributed by atoms with van der Waals surface area (Å²) in [6.07, 6.45) is -5.94. The summed E-state index contributed by atoms with van der Waals surface area (Å²) in [4.78, 5) is 77.7. The number of hydrogen-bond acceptors (Lipinski definition) is 15. The molecule has 3 aliphatic rings. The van der Waals surface area contributed by atoms with E-state index in [0.29, 0.717) is 0 Å². The van der Waals surface area contributed by atoms with E-state index < -0.39 is 114 Å². The Balaban J connectivity index is 1.50. The number of amides is 1. The van der Waals surface area contributed by atoms with Crippen LogP contribution in [0, 0.1) is 0 Å². The summed E-state index contributed by atoms with van der Waals surface area (Å²) < 4.78 is 22.4. The van der Waals surface area contributed by atoms with Crippen LogP contribution in [-0.2, 0) is 39.8 Å². The van der Waals surface area contributed by atoms with E-state index in [1.807, 2.05) is 0 Å². The molecule has 280 valence electrons. The van der Waals surface area contributed by atoms with Crippen LogP contribution in [0.5, 0.6) is 17.2 Å². The van der Waals surface area contributed by atoms with E-state index in [1.54, 1.807) is 13.8 Å². The van der Waals surface area contributed by atoms with Gasteiger partial charge in [-0.3, -0.25) is 19.2 Å². The summed E-state index contributed by atoms with van der Waals surface area (Å²) in [5.41, 5.74) is 1.85. The Morgan fingerprint density at radius 2 is 1.77 bits per heavy atom. The summed E-state index contributed by atoms with van der Waals surface area (Å²) in [6, 6.07) is 2.32. The lowest BCUT2D eigenvalue weighted by molar-refractivity contribution is -0.247. The zero-order chi connectivity index (χ0) is 38.2. The second kappa shape index (κ2) is 15.1. The summed E-state index contributed by atoms with van der Waals surface area (Å²) >= 11 is 0. The van der Waals surface area contributed by atoms with Crippen molar-refractivity contribution in [1.29, 1.82) is 0 Å². The first-order valence-corrected chi connectivity index (χ1v) is 16.9. The topological polar surface area (TPSA) is 258 Å². The number of methoxy groups -OCH3 is 1. The number of carbonyl (C=O) groups excluding carboxylic acids is 6. The first-order valence-electron chi connectivity index (χ1n) is 16.9. The molecule has 16 heteroatoms. The molecule has 0 bridgehead atoms. The molecule has 1 amide bonds. The monoisotopic (exact) mass is 726 g/mol. The zero-order valence-corrected chi connectivity index (χ0v) is 29.1. The summed E-state index contributed by atoms with van der Waals surface area (Å²) in [6.45, 7) is 3.48. The molecule has 2 aromatic rings. The van der Waals surface area contributed by atoms with Gasteiger partial charge in [-0.1, -0.05) is 19.1 Å². The maximum Gasteiger partial charge on any atom is 0.329 e. The molecule has 1 fully saturated rings. The van der Waals surface area contributed by atoms with E-state index >= 15 is 0 Å². The molecule has 5 rings (SSSR count). The van der Waals surface area contributed by atoms with Crippen molar-refractivity contribution in [1.82, 2.24) is 5.32 Å². The zero-order valence-electron chi connectivity index (χ0n) is 29.1. The number of phenolic OH excluding ortho intramolecular Hbond substituents is 2. The molecule has 1 saturated heterocycles. The van der Waals surface area contributed by atoms with Crippen LogP contribution in [0.1, 0.15) is 102 Å². The molecule has 0 spiro atoms. The normalized spacial score (nSPS) is 25.6. The van der Waals surface area contributed by atoms with Crippen LogP contribution in [0.3, 0.4) is 0 Å². The lowest BCUT2D eigenvalue weighted by Crippen LogP contribution is -2.53. The second-order valence-electron chi connectivity index (χ2n) is 13.3. The van der Waals surface area contributed by atoms with Gasteiger partial charge in [-0.2, -0.15) is 0 Å². The Morgan fingerprint density at radius 3 is 2.40 bits per heavy atom. The molecule has 1 aliphatic heterocycles. The molecule has 7 N–H and O–H groups in total. The van der Waals surface area contributed by atoms with E-state index in [1.165, 1.54) is 32.2 Å². The molecule has 0 aromatic heterocycles. The summed E-state index contributed by atoms with van der Waals surface area (Å²) in [5, 5.41) is 48.0. The lowest BCUT2D eigenvalue weighted by atomic mass is 9.72. The molecule has 0 saturated carbocycles. The third-order valence-corrected chi connectivity index (χ3v) is 9.74. The Hall–Kier alpha value is -4.74. The SMILES string of the molecule is CC[C@H](NC(=O)CCC(C)=O)C(=O)OCC(=O)[C@]1(O)Cc2c(O)c3c(c(O)c2[C@@H](OC2CC(N)C(O)C(C)O2)C1)C(=O)c1c(OC)cccc1C3=O. The van der Waals surface area contributed by atoms with Gasteiger partial charge < -0.3 is 55.2 Å². The number of ether oxygens (including phenoxy) is 4. The minimum atomic E-state index is -2.44. The van der Waals surface area contributed by atoms with Crippen LogP contribution in [0.2, 0.25) is 0 Å². The maximum absolute atomic E-state index is 13.9. The van der Waals surface area contributed by atoms with Crippen LogP contribution in [-0.4, -0.2) is 105 Å². The van der Waals surface area contributed by atoms with Crippen LogP contribution < -0.4 is 15.8 Å². The highest BCUT2D eigenvalue weighted by molar-refractivity contribution is 6.31. The quantitative estimate of drug-likeness (QED) is 0.112. The number of nitrogens with one attached hydrogen (secondary N) is 1. The number of hydrogen-bond donors (Lipinski definition) is 6. The molecule has 0 radical (unpaired) electrons. The molecular formula is C36H42N2O14. The number of esters is 1. The van der Waals surface area contributed by atoms with Gasteiger partial charge in [0.1, 0.15) is 34.7 Å². The molecule has 4 unspecified atom stereocenters. The Bertz CT molecular complexity index is 1810. The van der Waals surface area contributed by atoms with Crippen LogP contribution in [0.15, 0.2) is 18.2 Å². The van der Waals surface area contributed by atoms with Gasteiger partial charge in [0, 0.05) is 54.8 Å². The van der Waals surface area contributed by atoms with E-state index in [-0.39, 0.29) is 59.5 Å². The predicted octanol–water partition coefficient (Wildman–Crippen LogP) is 0.816. The van der Waals surface area contributed by atoms with Gasteiger partial charge in [0.05, 0.1) is 42.1 Å². The fourth-order valence-electron chi connectivity index (χ4n) is 6.86. The van der Waals surface area contributed by atoms with E-state index in [4.69, 9.17) is 24.7 Å². The number of aliphatic hydroxyl groups is 2. The number of fused-ring (bicyclic) bond motifs is 3. The third kappa shape index (κ3) is 7.16. The van der Waals surface area contributed by atoms with Gasteiger partial charge in [-0.15, -0.1) is 0 Å². The number of benzene rings is 2. The Morgan fingerprint density at radius 1 is 1.08 bits per heavy atom. The molecule has 2 aromatic carbocycles. The largest absolute Gasteiger partial charge is 0.507 e. The predicted molar refractivity (Wildman–Crippen MR) is 178 cm³/mol. The third-order valence-electron chi connectivity index (χ3n) is 9.74. The van der Waals surface area contributed by atoms with Gasteiger partial charge in [0.25, 0.3) is 0 Å². The number of phenols is 2. The molecule has 7 atom stereocenters. The van der Waals surface area contributed by atoms with E-state index in [9.17, 15) is 49.2 Å². The van der Waals surface area contributed by atoms with Crippen molar-refractivity contribution in [2.45, 2.75) is 102 Å². The molecular weight excluding hydrogens is 684 g/mol. The molecule has 16 nitrogen and oxygen atoms in total. The lowest BCUT2D eigenvalue weighted by Gasteiger charge is -2.42. The number of carbonyl (C=O) groups is 6. The molecule has 1 heterocycles.